The number of fused-ring (bicyclic) bond motifs is 1. The first kappa shape index (κ1) is 19.1. The van der Waals surface area contributed by atoms with Crippen LogP contribution in [0.15, 0.2) is 53.3 Å². The van der Waals surface area contributed by atoms with Gasteiger partial charge in [-0.2, -0.15) is 0 Å². The minimum atomic E-state index is -0.485. The van der Waals surface area contributed by atoms with Crippen LogP contribution in [0.2, 0.25) is 0 Å². The zero-order valence-corrected chi connectivity index (χ0v) is 16.0. The molecule has 0 unspecified atom stereocenters. The van der Waals surface area contributed by atoms with Crippen molar-refractivity contribution in [1.82, 2.24) is 14.9 Å². The summed E-state index contributed by atoms with van der Waals surface area (Å²) in [5, 5.41) is 3.18. The largest absolute Gasteiger partial charge is 0.322 e. The minimum absolute atomic E-state index is 0.0206. The van der Waals surface area contributed by atoms with Crippen molar-refractivity contribution in [3.63, 3.8) is 0 Å². The lowest BCUT2D eigenvalue weighted by Crippen LogP contribution is -2.44. The third-order valence-corrected chi connectivity index (χ3v) is 5.37. The predicted molar refractivity (Wildman–Crippen MR) is 110 cm³/mol. The van der Waals surface area contributed by atoms with E-state index in [4.69, 9.17) is 0 Å². The quantitative estimate of drug-likeness (QED) is 0.687. The Bertz CT molecular complexity index is 1080. The molecule has 1 fully saturated rings. The number of carbonyl (C=O) groups excluding carboxylic acids is 1. The highest BCUT2D eigenvalue weighted by molar-refractivity contribution is 5.89. The van der Waals surface area contributed by atoms with Crippen LogP contribution in [0.25, 0.3) is 10.9 Å². The highest BCUT2D eigenvalue weighted by atomic mass is 19.1. The van der Waals surface area contributed by atoms with E-state index in [9.17, 15) is 14.0 Å². The maximum atomic E-state index is 14.0. The number of urea groups is 1. The molecular formula is C22H23FN4O2. The normalized spacial score (nSPS) is 14.7. The number of nitrogens with one attached hydrogen (secondary N) is 2. The number of aromatic nitrogens is 2. The lowest BCUT2D eigenvalue weighted by atomic mass is 9.94. The summed E-state index contributed by atoms with van der Waals surface area (Å²) < 4.78 is 14.0. The monoisotopic (exact) mass is 394 g/mol. The van der Waals surface area contributed by atoms with Gasteiger partial charge in [0.1, 0.15) is 11.6 Å². The zero-order chi connectivity index (χ0) is 20.2. The number of anilines is 1. The second kappa shape index (κ2) is 8.43. The molecule has 0 aliphatic heterocycles. The molecule has 150 valence electrons. The molecule has 0 saturated heterocycles. The van der Waals surface area contributed by atoms with Gasteiger partial charge in [0.2, 0.25) is 0 Å². The van der Waals surface area contributed by atoms with Crippen LogP contribution in [0.5, 0.6) is 0 Å². The molecule has 4 rings (SSSR count). The van der Waals surface area contributed by atoms with Crippen LogP contribution in [0, 0.1) is 5.82 Å². The maximum absolute atomic E-state index is 14.0. The van der Waals surface area contributed by atoms with Gasteiger partial charge in [0.25, 0.3) is 5.56 Å². The summed E-state index contributed by atoms with van der Waals surface area (Å²) in [6, 6.07) is 12.8. The van der Waals surface area contributed by atoms with Crippen molar-refractivity contribution in [2.75, 3.05) is 5.32 Å². The molecule has 6 nitrogen and oxygen atoms in total. The van der Waals surface area contributed by atoms with Gasteiger partial charge in [-0.25, -0.2) is 14.2 Å². The molecule has 0 spiro atoms. The van der Waals surface area contributed by atoms with E-state index in [1.807, 2.05) is 6.07 Å². The Morgan fingerprint density at radius 1 is 1.10 bits per heavy atom. The van der Waals surface area contributed by atoms with E-state index in [2.05, 4.69) is 15.3 Å². The molecule has 0 bridgehead atoms. The van der Waals surface area contributed by atoms with Crippen LogP contribution < -0.4 is 10.9 Å². The summed E-state index contributed by atoms with van der Waals surface area (Å²) in [6.07, 6.45) is 4.97. The standard InChI is InChI=1S/C22H23FN4O2/c23-17-11-5-7-13-19(17)25-22(29)27(15-8-2-1-3-9-15)14-20-24-18-12-6-4-10-16(18)21(28)26-20/h4-7,10-13,15H,1-3,8-9,14H2,(H,25,29)(H,24,26,28). The molecule has 2 amide bonds. The van der Waals surface area contributed by atoms with Crippen molar-refractivity contribution < 1.29 is 9.18 Å². The van der Waals surface area contributed by atoms with Crippen LogP contribution >= 0.6 is 0 Å². The van der Waals surface area contributed by atoms with E-state index in [1.165, 1.54) is 12.1 Å². The molecule has 1 aliphatic rings. The summed E-state index contributed by atoms with van der Waals surface area (Å²) in [4.78, 5) is 34.4. The van der Waals surface area contributed by atoms with Crippen molar-refractivity contribution >= 4 is 22.6 Å². The van der Waals surface area contributed by atoms with E-state index < -0.39 is 11.8 Å². The number of aromatic amines is 1. The Hall–Kier alpha value is -3.22. The number of nitrogens with zero attached hydrogens (tertiary/aromatic N) is 2. The number of hydrogen-bond acceptors (Lipinski definition) is 3. The maximum Gasteiger partial charge on any atom is 0.322 e. The molecule has 7 heteroatoms. The third-order valence-electron chi connectivity index (χ3n) is 5.37. The molecule has 1 saturated carbocycles. The van der Waals surface area contributed by atoms with Gasteiger partial charge < -0.3 is 15.2 Å². The average Bonchev–Trinajstić information content (AvgIpc) is 2.74. The molecule has 3 aromatic rings. The highest BCUT2D eigenvalue weighted by Crippen LogP contribution is 2.25. The lowest BCUT2D eigenvalue weighted by molar-refractivity contribution is 0.160. The number of halogens is 1. The van der Waals surface area contributed by atoms with E-state index >= 15 is 0 Å². The average molecular weight is 394 g/mol. The second-order valence-electron chi connectivity index (χ2n) is 7.36. The number of amides is 2. The Labute approximate surface area is 167 Å². The van der Waals surface area contributed by atoms with Crippen LogP contribution in [-0.2, 0) is 6.54 Å². The zero-order valence-electron chi connectivity index (χ0n) is 16.0. The van der Waals surface area contributed by atoms with Gasteiger partial charge in [0, 0.05) is 6.04 Å². The lowest BCUT2D eigenvalue weighted by Gasteiger charge is -2.34. The van der Waals surface area contributed by atoms with Gasteiger partial charge >= 0.3 is 6.03 Å². The fourth-order valence-corrected chi connectivity index (χ4v) is 3.88. The molecule has 29 heavy (non-hydrogen) atoms. The number of carbonyl (C=O) groups is 1. The van der Waals surface area contributed by atoms with Crippen LogP contribution in [0.1, 0.15) is 37.9 Å². The summed E-state index contributed by atoms with van der Waals surface area (Å²) >= 11 is 0. The van der Waals surface area contributed by atoms with Crippen LogP contribution in [-0.4, -0.2) is 26.9 Å². The summed E-state index contributed by atoms with van der Waals surface area (Å²) in [5.41, 5.74) is 0.492. The highest BCUT2D eigenvalue weighted by Gasteiger charge is 2.27. The Kier molecular flexibility index (Phi) is 5.55. The molecule has 1 heterocycles. The molecule has 0 atom stereocenters. The number of H-pyrrole nitrogens is 1. The summed E-state index contributed by atoms with van der Waals surface area (Å²) in [5.74, 6) is -0.0651. The van der Waals surface area contributed by atoms with Gasteiger partial charge in [-0.3, -0.25) is 4.79 Å². The summed E-state index contributed by atoms with van der Waals surface area (Å²) in [7, 11) is 0. The predicted octanol–water partition coefficient (Wildman–Crippen LogP) is 4.43. The van der Waals surface area contributed by atoms with E-state index in [0.717, 1.165) is 32.1 Å². The number of rotatable bonds is 4. The van der Waals surface area contributed by atoms with E-state index in [1.54, 1.807) is 35.2 Å². The van der Waals surface area contributed by atoms with E-state index in [0.29, 0.717) is 16.7 Å². The topological polar surface area (TPSA) is 78.1 Å². The number of hydrogen-bond donors (Lipinski definition) is 2. The first-order valence-corrected chi connectivity index (χ1v) is 9.92. The summed E-state index contributed by atoms with van der Waals surface area (Å²) in [6.45, 7) is 0.158. The van der Waals surface area contributed by atoms with Gasteiger partial charge in [-0.05, 0) is 37.1 Å². The first-order chi connectivity index (χ1) is 14.1. The van der Waals surface area contributed by atoms with Crippen molar-refractivity contribution in [1.29, 1.82) is 0 Å². The van der Waals surface area contributed by atoms with Crippen molar-refractivity contribution in [3.05, 3.63) is 70.5 Å². The third kappa shape index (κ3) is 4.29. The van der Waals surface area contributed by atoms with Crippen LogP contribution in [0.4, 0.5) is 14.9 Å². The molecule has 2 N–H and O–H groups in total. The van der Waals surface area contributed by atoms with Crippen molar-refractivity contribution in [3.8, 4) is 0 Å². The second-order valence-corrected chi connectivity index (χ2v) is 7.36. The molecule has 1 aliphatic carbocycles. The Morgan fingerprint density at radius 3 is 2.62 bits per heavy atom. The van der Waals surface area contributed by atoms with Gasteiger partial charge in [-0.1, -0.05) is 43.5 Å². The molecule has 1 aromatic heterocycles. The smallest absolute Gasteiger partial charge is 0.314 e. The number of para-hydroxylation sites is 2. The molecular weight excluding hydrogens is 371 g/mol. The molecule has 2 aromatic carbocycles. The fourth-order valence-electron chi connectivity index (χ4n) is 3.88. The van der Waals surface area contributed by atoms with Gasteiger partial charge in [-0.15, -0.1) is 0 Å². The molecule has 0 radical (unpaired) electrons. The van der Waals surface area contributed by atoms with Crippen molar-refractivity contribution in [2.24, 2.45) is 0 Å². The van der Waals surface area contributed by atoms with E-state index in [-0.39, 0.29) is 23.8 Å². The Morgan fingerprint density at radius 2 is 1.83 bits per heavy atom. The SMILES string of the molecule is O=C(Nc1ccccc1F)N(Cc1nc2ccccc2c(=O)[nH]1)C1CCCCC1. The fraction of sp³-hybridized carbons (Fsp3) is 0.318. The van der Waals surface area contributed by atoms with Crippen molar-refractivity contribution in [2.45, 2.75) is 44.7 Å². The Balaban J connectivity index is 1.63. The van der Waals surface area contributed by atoms with Gasteiger partial charge in [0.15, 0.2) is 0 Å². The number of benzene rings is 2. The van der Waals surface area contributed by atoms with Crippen LogP contribution in [0.3, 0.4) is 0 Å². The van der Waals surface area contributed by atoms with Gasteiger partial charge in [0.05, 0.1) is 23.1 Å². The first-order valence-electron chi connectivity index (χ1n) is 9.92. The minimum Gasteiger partial charge on any atom is -0.314 e.